The Balaban J connectivity index is 2.39. The van der Waals surface area contributed by atoms with Crippen molar-refractivity contribution in [3.05, 3.63) is 51.5 Å². The van der Waals surface area contributed by atoms with E-state index in [0.717, 1.165) is 10.6 Å². The van der Waals surface area contributed by atoms with Crippen LogP contribution in [-0.4, -0.2) is 26.8 Å². The highest BCUT2D eigenvalue weighted by atomic mass is 35.5. The fraction of sp³-hybridized carbons (Fsp3) is 0.312. The van der Waals surface area contributed by atoms with Gasteiger partial charge in [0.2, 0.25) is 0 Å². The maximum Gasteiger partial charge on any atom is 0.389 e. The molecule has 0 fully saturated rings. The molecule has 0 unspecified atom stereocenters. The second-order valence-electron chi connectivity index (χ2n) is 5.35. The average molecular weight is 375 g/mol. The summed E-state index contributed by atoms with van der Waals surface area (Å²) in [4.78, 5) is 27.3. The van der Waals surface area contributed by atoms with E-state index < -0.39 is 30.7 Å². The lowest BCUT2D eigenvalue weighted by molar-refractivity contribution is -0.138. The highest BCUT2D eigenvalue weighted by molar-refractivity contribution is 6.30. The normalized spacial score (nSPS) is 11.5. The Morgan fingerprint density at radius 3 is 2.44 bits per heavy atom. The average Bonchev–Trinajstić information content (AvgIpc) is 2.49. The molecule has 25 heavy (non-hydrogen) atoms. The second-order valence-corrected chi connectivity index (χ2v) is 5.79. The van der Waals surface area contributed by atoms with E-state index in [1.54, 1.807) is 24.3 Å². The molecule has 1 N–H and O–H groups in total. The van der Waals surface area contributed by atoms with Gasteiger partial charge < -0.3 is 5.11 Å². The van der Waals surface area contributed by atoms with Crippen LogP contribution >= 0.6 is 11.6 Å². The van der Waals surface area contributed by atoms with E-state index in [9.17, 15) is 22.8 Å². The molecule has 0 atom stereocenters. The third-order valence-corrected chi connectivity index (χ3v) is 3.63. The van der Waals surface area contributed by atoms with Gasteiger partial charge in [0.15, 0.2) is 0 Å². The van der Waals surface area contributed by atoms with E-state index in [4.69, 9.17) is 16.7 Å². The maximum atomic E-state index is 12.3. The number of alkyl halides is 3. The van der Waals surface area contributed by atoms with Gasteiger partial charge in [0.1, 0.15) is 12.4 Å². The van der Waals surface area contributed by atoms with Gasteiger partial charge in [-0.2, -0.15) is 13.2 Å². The quantitative estimate of drug-likeness (QED) is 0.839. The van der Waals surface area contributed by atoms with Crippen molar-refractivity contribution in [1.82, 2.24) is 9.55 Å². The van der Waals surface area contributed by atoms with Gasteiger partial charge in [-0.25, -0.2) is 4.98 Å². The number of carboxylic acid groups (broad SMARTS) is 1. The summed E-state index contributed by atoms with van der Waals surface area (Å²) in [5.41, 5.74) is 0.177. The number of carboxylic acids is 1. The number of aliphatic carboxylic acids is 1. The number of benzene rings is 1. The summed E-state index contributed by atoms with van der Waals surface area (Å²) in [6, 6.07) is 7.56. The maximum absolute atomic E-state index is 12.3. The molecule has 1 aromatic carbocycles. The Bertz CT molecular complexity index is 817. The van der Waals surface area contributed by atoms with Crippen LogP contribution < -0.4 is 5.56 Å². The molecule has 0 spiro atoms. The van der Waals surface area contributed by atoms with Gasteiger partial charge in [0, 0.05) is 29.5 Å². The van der Waals surface area contributed by atoms with Crippen LogP contribution in [0.15, 0.2) is 35.1 Å². The lowest BCUT2D eigenvalue weighted by Crippen LogP contribution is -2.28. The minimum Gasteiger partial charge on any atom is -0.480 e. The van der Waals surface area contributed by atoms with Crippen molar-refractivity contribution in [1.29, 1.82) is 0 Å². The zero-order chi connectivity index (χ0) is 18.6. The van der Waals surface area contributed by atoms with Gasteiger partial charge in [-0.15, -0.1) is 0 Å². The molecule has 134 valence electrons. The molecule has 0 aliphatic carbocycles. The van der Waals surface area contributed by atoms with Gasteiger partial charge in [0.05, 0.1) is 5.69 Å². The Labute approximate surface area is 145 Å². The number of carbonyl (C=O) groups is 1. The van der Waals surface area contributed by atoms with E-state index in [0.29, 0.717) is 10.6 Å². The van der Waals surface area contributed by atoms with E-state index >= 15 is 0 Å². The first-order valence-corrected chi connectivity index (χ1v) is 7.69. The smallest absolute Gasteiger partial charge is 0.389 e. The SMILES string of the molecule is O=C(O)Cn1c(CCCC(F)(F)F)nc(-c2ccc(Cl)cc2)cc1=O. The highest BCUT2D eigenvalue weighted by Gasteiger charge is 2.26. The highest BCUT2D eigenvalue weighted by Crippen LogP contribution is 2.23. The first kappa shape index (κ1) is 19.0. The zero-order valence-corrected chi connectivity index (χ0v) is 13.6. The van der Waals surface area contributed by atoms with Crippen molar-refractivity contribution in [2.45, 2.75) is 32.0 Å². The molecule has 5 nitrogen and oxygen atoms in total. The van der Waals surface area contributed by atoms with Crippen LogP contribution in [0.3, 0.4) is 0 Å². The predicted octanol–water partition coefficient (Wildman–Crippen LogP) is 3.53. The van der Waals surface area contributed by atoms with Crippen molar-refractivity contribution >= 4 is 17.6 Å². The lowest BCUT2D eigenvalue weighted by atomic mass is 10.1. The summed E-state index contributed by atoms with van der Waals surface area (Å²) in [5, 5.41) is 9.39. The van der Waals surface area contributed by atoms with E-state index in [1.807, 2.05) is 0 Å². The van der Waals surface area contributed by atoms with Crippen molar-refractivity contribution in [3.8, 4) is 11.3 Å². The molecule has 0 aliphatic heterocycles. The monoisotopic (exact) mass is 374 g/mol. The summed E-state index contributed by atoms with van der Waals surface area (Å²) in [5.74, 6) is -1.27. The van der Waals surface area contributed by atoms with E-state index in [2.05, 4.69) is 4.98 Å². The summed E-state index contributed by atoms with van der Waals surface area (Å²) in [7, 11) is 0. The molecule has 0 bridgehead atoms. The van der Waals surface area contributed by atoms with Crippen LogP contribution in [0.4, 0.5) is 13.2 Å². The minimum absolute atomic E-state index is 0.00380. The number of halogens is 4. The van der Waals surface area contributed by atoms with Crippen LogP contribution in [0.25, 0.3) is 11.3 Å². The zero-order valence-electron chi connectivity index (χ0n) is 12.9. The first-order valence-electron chi connectivity index (χ1n) is 7.31. The Morgan fingerprint density at radius 2 is 1.88 bits per heavy atom. The van der Waals surface area contributed by atoms with E-state index in [-0.39, 0.29) is 24.4 Å². The Hall–Kier alpha value is -2.35. The van der Waals surface area contributed by atoms with Crippen LogP contribution in [0.5, 0.6) is 0 Å². The van der Waals surface area contributed by atoms with Crippen molar-refractivity contribution in [2.75, 3.05) is 0 Å². The number of rotatable bonds is 6. The van der Waals surface area contributed by atoms with Crippen LogP contribution in [0.2, 0.25) is 5.02 Å². The fourth-order valence-corrected chi connectivity index (χ4v) is 2.39. The summed E-state index contributed by atoms with van der Waals surface area (Å²) in [6.07, 6.45) is -5.82. The molecule has 0 saturated heterocycles. The summed E-state index contributed by atoms with van der Waals surface area (Å²) >= 11 is 5.80. The predicted molar refractivity (Wildman–Crippen MR) is 85.6 cm³/mol. The van der Waals surface area contributed by atoms with Gasteiger partial charge in [-0.3, -0.25) is 14.2 Å². The van der Waals surface area contributed by atoms with Crippen molar-refractivity contribution < 1.29 is 23.1 Å². The molecule has 1 aromatic heterocycles. The molecule has 9 heteroatoms. The number of hydrogen-bond donors (Lipinski definition) is 1. The van der Waals surface area contributed by atoms with Crippen LogP contribution in [-0.2, 0) is 17.8 Å². The van der Waals surface area contributed by atoms with Crippen LogP contribution in [0, 0.1) is 0 Å². The molecule has 2 rings (SSSR count). The third kappa shape index (κ3) is 5.60. The standard InChI is InChI=1S/C16H14ClF3N2O3/c17-11-5-3-10(4-6-11)12-8-14(23)22(9-15(24)25)13(21-12)2-1-7-16(18,19)20/h3-6,8H,1-2,7,9H2,(H,24,25). The lowest BCUT2D eigenvalue weighted by Gasteiger charge is -2.13. The summed E-state index contributed by atoms with van der Waals surface area (Å²) in [6.45, 7) is -0.659. The second kappa shape index (κ2) is 7.69. The number of aryl methyl sites for hydroxylation is 1. The molecule has 2 aromatic rings. The van der Waals surface area contributed by atoms with Crippen molar-refractivity contribution in [2.24, 2.45) is 0 Å². The first-order chi connectivity index (χ1) is 11.7. The summed E-state index contributed by atoms with van der Waals surface area (Å²) < 4.78 is 37.9. The van der Waals surface area contributed by atoms with Gasteiger partial charge in [-0.05, 0) is 18.6 Å². The van der Waals surface area contributed by atoms with Gasteiger partial charge >= 0.3 is 12.1 Å². The molecule has 0 radical (unpaired) electrons. The molecule has 1 heterocycles. The fourth-order valence-electron chi connectivity index (χ4n) is 2.26. The van der Waals surface area contributed by atoms with Crippen LogP contribution in [0.1, 0.15) is 18.7 Å². The topological polar surface area (TPSA) is 72.2 Å². The Morgan fingerprint density at radius 1 is 1.24 bits per heavy atom. The molecular formula is C16H14ClF3N2O3. The van der Waals surface area contributed by atoms with Gasteiger partial charge in [0.25, 0.3) is 5.56 Å². The number of nitrogens with zero attached hydrogens (tertiary/aromatic N) is 2. The van der Waals surface area contributed by atoms with Gasteiger partial charge in [-0.1, -0.05) is 23.7 Å². The molecule has 0 amide bonds. The van der Waals surface area contributed by atoms with E-state index in [1.165, 1.54) is 0 Å². The molecular weight excluding hydrogens is 361 g/mol. The molecule has 0 aliphatic rings. The molecule has 0 saturated carbocycles. The number of hydrogen-bond acceptors (Lipinski definition) is 3. The minimum atomic E-state index is -4.33. The number of aromatic nitrogens is 2. The van der Waals surface area contributed by atoms with Crippen molar-refractivity contribution in [3.63, 3.8) is 0 Å². The largest absolute Gasteiger partial charge is 0.480 e. The third-order valence-electron chi connectivity index (χ3n) is 3.38. The Kier molecular flexibility index (Phi) is 5.84.